The predicted molar refractivity (Wildman–Crippen MR) is 101 cm³/mol. The molecule has 0 aliphatic heterocycles. The van der Waals surface area contributed by atoms with Crippen LogP contribution in [0.4, 0.5) is 0 Å². The van der Waals surface area contributed by atoms with E-state index in [1.165, 1.54) is 21.3 Å². The first-order chi connectivity index (χ1) is 12.6. The van der Waals surface area contributed by atoms with Gasteiger partial charge < -0.3 is 34.0 Å². The van der Waals surface area contributed by atoms with Crippen molar-refractivity contribution in [2.75, 3.05) is 35.5 Å². The van der Waals surface area contributed by atoms with Crippen LogP contribution in [0.15, 0.2) is 30.3 Å². The van der Waals surface area contributed by atoms with Crippen LogP contribution in [0, 0.1) is 0 Å². The van der Waals surface area contributed by atoms with Gasteiger partial charge in [-0.05, 0) is 12.1 Å². The first kappa shape index (κ1) is 25.8. The van der Waals surface area contributed by atoms with Crippen molar-refractivity contribution in [2.45, 2.75) is 0 Å². The molecule has 2 rings (SSSR count). The fourth-order valence-electron chi connectivity index (χ4n) is 2.49. The summed E-state index contributed by atoms with van der Waals surface area (Å²) in [6, 6.07) is 8.71. The summed E-state index contributed by atoms with van der Waals surface area (Å²) in [5.74, 6) is 2.58. The summed E-state index contributed by atoms with van der Waals surface area (Å²) < 4.78 is 26.5. The minimum atomic E-state index is 0. The number of rotatable bonds is 8. The molecule has 0 unspecified atom stereocenters. The van der Waals surface area contributed by atoms with Gasteiger partial charge in [-0.3, -0.25) is 0 Å². The molecule has 8 heteroatoms. The number of carbonyl (C=O) groups excluding carboxylic acids is 1. The van der Waals surface area contributed by atoms with Crippen LogP contribution in [-0.4, -0.2) is 47.3 Å². The van der Waals surface area contributed by atoms with Gasteiger partial charge in [-0.2, -0.15) is 6.08 Å². The van der Waals surface area contributed by atoms with E-state index in [1.807, 2.05) is 6.29 Å². The summed E-state index contributed by atoms with van der Waals surface area (Å²) in [6.07, 6.45) is 3.64. The average molecular weight is 397 g/mol. The van der Waals surface area contributed by atoms with Gasteiger partial charge in [0.25, 0.3) is 0 Å². The number of hydrogen-bond acceptors (Lipinski definition) is 7. The van der Waals surface area contributed by atoms with E-state index in [0.717, 1.165) is 5.56 Å². The summed E-state index contributed by atoms with van der Waals surface area (Å²) in [5, 5.41) is 0. The van der Waals surface area contributed by atoms with E-state index in [2.05, 4.69) is 0 Å². The van der Waals surface area contributed by atoms with Gasteiger partial charge in [-0.1, -0.05) is 17.7 Å². The van der Waals surface area contributed by atoms with Crippen LogP contribution in [0.2, 0.25) is 0 Å². The molecule has 0 aliphatic rings. The van der Waals surface area contributed by atoms with Crippen molar-refractivity contribution < 1.29 is 63.5 Å². The number of benzene rings is 2. The van der Waals surface area contributed by atoms with Crippen LogP contribution in [0.25, 0.3) is 11.6 Å². The Labute approximate surface area is 186 Å². The van der Waals surface area contributed by atoms with Crippen LogP contribution >= 0.6 is 0 Å². The average Bonchev–Trinajstić information content (AvgIpc) is 2.70. The zero-order valence-electron chi connectivity index (χ0n) is 16.9. The second-order valence-electron chi connectivity index (χ2n) is 5.22. The molecule has 2 aromatic carbocycles. The van der Waals surface area contributed by atoms with E-state index in [0.29, 0.717) is 39.9 Å². The molecule has 0 bridgehead atoms. The molecule has 146 valence electrons. The van der Waals surface area contributed by atoms with Crippen LogP contribution in [-0.2, 0) is 4.79 Å². The Balaban J connectivity index is 0.00000364. The van der Waals surface area contributed by atoms with Crippen LogP contribution in [0.5, 0.6) is 28.7 Å². The van der Waals surface area contributed by atoms with Gasteiger partial charge in [0.1, 0.15) is 11.5 Å². The molecule has 28 heavy (non-hydrogen) atoms. The smallest absolute Gasteiger partial charge is 0.870 e. The molecule has 0 spiro atoms. The van der Waals surface area contributed by atoms with E-state index >= 15 is 0 Å². The Morgan fingerprint density at radius 1 is 0.786 bits per heavy atom. The largest absolute Gasteiger partial charge is 1.00 e. The van der Waals surface area contributed by atoms with Crippen LogP contribution in [0.1, 0.15) is 11.1 Å². The van der Waals surface area contributed by atoms with E-state index in [1.54, 1.807) is 50.6 Å². The molecule has 0 saturated heterocycles. The van der Waals surface area contributed by atoms with Gasteiger partial charge in [-0.15, -0.1) is 11.1 Å². The molecule has 7 nitrogen and oxygen atoms in total. The zero-order valence-corrected chi connectivity index (χ0v) is 18.9. The van der Waals surface area contributed by atoms with Crippen LogP contribution < -0.4 is 53.2 Å². The molecule has 2 aromatic rings. The van der Waals surface area contributed by atoms with E-state index in [-0.39, 0.29) is 35.0 Å². The maximum absolute atomic E-state index is 11.6. The van der Waals surface area contributed by atoms with Crippen LogP contribution in [0.3, 0.4) is 0 Å². The van der Waals surface area contributed by atoms with Gasteiger partial charge in [0.15, 0.2) is 11.5 Å². The molecular weight excluding hydrogens is 375 g/mol. The Kier molecular flexibility index (Phi) is 11.3. The molecule has 1 N–H and O–H groups in total. The SMILES string of the molecule is COc1cc(/C=C(/[C-]=O)c2cc(OC)c(OC)c(OC)c2)cc(OC)c1.[Na+].[OH-]. The maximum Gasteiger partial charge on any atom is 1.00 e. The fraction of sp³-hybridized carbons (Fsp3) is 0.250. The third-order valence-electron chi connectivity index (χ3n) is 3.77. The molecule has 0 aliphatic carbocycles. The van der Waals surface area contributed by atoms with Crippen molar-refractivity contribution in [1.82, 2.24) is 0 Å². The summed E-state index contributed by atoms with van der Waals surface area (Å²) in [6.45, 7) is 0. The van der Waals surface area contributed by atoms with Crippen molar-refractivity contribution in [3.8, 4) is 28.7 Å². The standard InChI is InChI=1S/C20H21O6.Na.H2O/c1-22-16-7-13(8-17(11-16)23-2)6-15(12-21)14-9-18(24-3)20(26-5)19(10-14)25-4;;/h6-11H,1-5H3;;1H2/q-1;+1;/p-1/b15-6-;;. The molecule has 0 fully saturated rings. The first-order valence-corrected chi connectivity index (χ1v) is 7.73. The molecule has 0 amide bonds. The van der Waals surface area contributed by atoms with Crippen molar-refractivity contribution in [1.29, 1.82) is 0 Å². The van der Waals surface area contributed by atoms with Gasteiger partial charge in [-0.25, -0.2) is 0 Å². The third kappa shape index (κ3) is 5.90. The van der Waals surface area contributed by atoms with Crippen molar-refractivity contribution >= 4 is 17.9 Å². The molecule has 0 atom stereocenters. The quantitative estimate of drug-likeness (QED) is 0.272. The summed E-state index contributed by atoms with van der Waals surface area (Å²) >= 11 is 0. The zero-order chi connectivity index (χ0) is 19.1. The maximum atomic E-state index is 11.6. The Morgan fingerprint density at radius 3 is 1.64 bits per heavy atom. The van der Waals surface area contributed by atoms with Gasteiger partial charge in [0.2, 0.25) is 5.75 Å². The summed E-state index contributed by atoms with van der Waals surface area (Å²) in [4.78, 5) is 11.6. The number of allylic oxidation sites excluding steroid dienone is 1. The van der Waals surface area contributed by atoms with Crippen molar-refractivity contribution in [3.63, 3.8) is 0 Å². The summed E-state index contributed by atoms with van der Waals surface area (Å²) in [5.41, 5.74) is 1.63. The van der Waals surface area contributed by atoms with E-state index in [4.69, 9.17) is 23.7 Å². The fourth-order valence-corrected chi connectivity index (χ4v) is 2.49. The van der Waals surface area contributed by atoms with Gasteiger partial charge >= 0.3 is 29.6 Å². The van der Waals surface area contributed by atoms with Crippen molar-refractivity contribution in [2.24, 2.45) is 0 Å². The number of hydrogen-bond donors (Lipinski definition) is 0. The molecular formula is C20H22NaO7-. The second-order valence-corrected chi connectivity index (χ2v) is 5.22. The normalized spacial score (nSPS) is 10.1. The molecule has 0 heterocycles. The first-order valence-electron chi connectivity index (χ1n) is 7.73. The minimum Gasteiger partial charge on any atom is -0.870 e. The van der Waals surface area contributed by atoms with E-state index < -0.39 is 0 Å². The Bertz CT molecular complexity index is 771. The second kappa shape index (κ2) is 12.3. The molecule has 0 aromatic heterocycles. The summed E-state index contributed by atoms with van der Waals surface area (Å²) in [7, 11) is 7.68. The monoisotopic (exact) mass is 397 g/mol. The molecule has 0 saturated carbocycles. The Hall–Kier alpha value is -2.19. The van der Waals surface area contributed by atoms with E-state index in [9.17, 15) is 4.79 Å². The van der Waals surface area contributed by atoms with Gasteiger partial charge in [0.05, 0.1) is 41.8 Å². The topological polar surface area (TPSA) is 93.2 Å². The minimum absolute atomic E-state index is 0. The Morgan fingerprint density at radius 2 is 1.29 bits per heavy atom. The third-order valence-corrected chi connectivity index (χ3v) is 3.77. The van der Waals surface area contributed by atoms with Crippen molar-refractivity contribution in [3.05, 3.63) is 41.5 Å². The molecule has 0 radical (unpaired) electrons. The number of ether oxygens (including phenoxy) is 5. The van der Waals surface area contributed by atoms with Gasteiger partial charge in [0, 0.05) is 6.07 Å². The number of methoxy groups -OCH3 is 5. The predicted octanol–water partition coefficient (Wildman–Crippen LogP) is 0.207.